The molecule has 0 aromatic heterocycles. The van der Waals surface area contributed by atoms with Crippen LogP contribution in [0.4, 0.5) is 0 Å². The van der Waals surface area contributed by atoms with E-state index >= 15 is 0 Å². The van der Waals surface area contributed by atoms with E-state index in [1.165, 1.54) is 11.0 Å². The summed E-state index contributed by atoms with van der Waals surface area (Å²) < 4.78 is 0. The maximum Gasteiger partial charge on any atom is 0.261 e. The summed E-state index contributed by atoms with van der Waals surface area (Å²) in [7, 11) is 0. The molecule has 112 valence electrons. The van der Waals surface area contributed by atoms with Gasteiger partial charge in [-0.25, -0.2) is 10.5 Å². The summed E-state index contributed by atoms with van der Waals surface area (Å²) >= 11 is 0. The minimum Gasteiger partial charge on any atom is -0.402 e. The van der Waals surface area contributed by atoms with Crippen molar-refractivity contribution in [1.82, 2.24) is 4.90 Å². The second-order valence-corrected chi connectivity index (χ2v) is 4.34. The highest BCUT2D eigenvalue weighted by atomic mass is 16.2. The Bertz CT molecular complexity index is 606. The first-order chi connectivity index (χ1) is 9.83. The van der Waals surface area contributed by atoms with Crippen molar-refractivity contribution in [3.8, 4) is 0 Å². The minimum atomic E-state index is -0.361. The van der Waals surface area contributed by atoms with Gasteiger partial charge in [-0.1, -0.05) is 6.58 Å². The average molecular weight is 289 g/mol. The van der Waals surface area contributed by atoms with Gasteiger partial charge >= 0.3 is 0 Å². The first-order valence-electron chi connectivity index (χ1n) is 6.19. The summed E-state index contributed by atoms with van der Waals surface area (Å²) in [6.07, 6.45) is 2.60. The molecule has 0 aliphatic carbocycles. The molecule has 1 rings (SSSR count). The Labute approximate surface area is 122 Å². The molecule has 0 saturated heterocycles. The minimum absolute atomic E-state index is 0.0662. The van der Waals surface area contributed by atoms with Crippen molar-refractivity contribution in [3.63, 3.8) is 0 Å². The Balaban J connectivity index is 3.59. The molecule has 0 aromatic rings. The molecule has 21 heavy (non-hydrogen) atoms. The van der Waals surface area contributed by atoms with Crippen LogP contribution in [0.1, 0.15) is 13.8 Å². The van der Waals surface area contributed by atoms with Crippen LogP contribution in [-0.4, -0.2) is 23.2 Å². The summed E-state index contributed by atoms with van der Waals surface area (Å²) in [5, 5.41) is 3.07. The number of carbonyl (C=O) groups excluding carboxylic acids is 1. The third-order valence-electron chi connectivity index (χ3n) is 2.77. The first kappa shape index (κ1) is 16.2. The van der Waals surface area contributed by atoms with E-state index in [-0.39, 0.29) is 23.0 Å². The molecule has 1 heterocycles. The highest BCUT2D eigenvalue weighted by Gasteiger charge is 2.31. The second-order valence-electron chi connectivity index (χ2n) is 4.34. The Morgan fingerprint density at radius 3 is 2.52 bits per heavy atom. The lowest BCUT2D eigenvalue weighted by Gasteiger charge is -2.29. The van der Waals surface area contributed by atoms with Crippen LogP contribution in [0, 0.1) is 5.53 Å². The van der Waals surface area contributed by atoms with Crippen molar-refractivity contribution in [2.45, 2.75) is 13.8 Å². The van der Waals surface area contributed by atoms with Crippen molar-refractivity contribution in [2.75, 3.05) is 6.54 Å². The van der Waals surface area contributed by atoms with Crippen molar-refractivity contribution in [1.29, 1.82) is 5.53 Å². The van der Waals surface area contributed by atoms with Gasteiger partial charge in [0.05, 0.1) is 17.5 Å². The van der Waals surface area contributed by atoms with Gasteiger partial charge in [0.15, 0.2) is 0 Å². The average Bonchev–Trinajstić information content (AvgIpc) is 2.38. The Morgan fingerprint density at radius 2 is 2.10 bits per heavy atom. The fraction of sp³-hybridized carbons (Fsp3) is 0.231. The number of amides is 1. The number of nitrogens with one attached hydrogen (secondary N) is 1. The predicted molar refractivity (Wildman–Crippen MR) is 80.5 cm³/mol. The fourth-order valence-electron chi connectivity index (χ4n) is 1.84. The van der Waals surface area contributed by atoms with Gasteiger partial charge in [0.2, 0.25) is 0 Å². The number of aliphatic imine (C=N–C) groups is 1. The van der Waals surface area contributed by atoms with Crippen LogP contribution in [0.2, 0.25) is 0 Å². The van der Waals surface area contributed by atoms with Gasteiger partial charge in [-0.05, 0) is 19.9 Å². The summed E-state index contributed by atoms with van der Waals surface area (Å²) in [5.74, 6) is 0.0331. The monoisotopic (exact) mass is 289 g/mol. The van der Waals surface area contributed by atoms with Gasteiger partial charge in [-0.15, -0.1) is 0 Å². The molecule has 0 atom stereocenters. The van der Waals surface area contributed by atoms with Crippen LogP contribution in [0.3, 0.4) is 0 Å². The number of allylic oxidation sites excluding steroid dienone is 1. The van der Waals surface area contributed by atoms with Gasteiger partial charge in [-0.2, -0.15) is 5.11 Å². The summed E-state index contributed by atoms with van der Waals surface area (Å²) in [6, 6.07) is 0. The molecule has 0 spiro atoms. The lowest BCUT2D eigenvalue weighted by Crippen LogP contribution is -2.43. The number of carbonyl (C=O) groups is 1. The molecule has 8 heteroatoms. The highest BCUT2D eigenvalue weighted by Crippen LogP contribution is 2.23. The Hall–Kier alpha value is -2.90. The van der Waals surface area contributed by atoms with Crippen LogP contribution in [0.15, 0.2) is 57.3 Å². The lowest BCUT2D eigenvalue weighted by molar-refractivity contribution is -0.123. The van der Waals surface area contributed by atoms with Crippen LogP contribution in [0.25, 0.3) is 0 Å². The van der Waals surface area contributed by atoms with Crippen molar-refractivity contribution in [3.05, 3.63) is 47.2 Å². The molecule has 1 amide bonds. The number of hydrogen-bond acceptors (Lipinski definition) is 7. The Morgan fingerprint density at radius 1 is 1.48 bits per heavy atom. The van der Waals surface area contributed by atoms with E-state index < -0.39 is 0 Å². The van der Waals surface area contributed by atoms with Gasteiger partial charge < -0.3 is 17.2 Å². The summed E-state index contributed by atoms with van der Waals surface area (Å²) in [5.41, 5.74) is 25.2. The first-order valence-corrected chi connectivity index (χ1v) is 6.19. The zero-order valence-corrected chi connectivity index (χ0v) is 12.1. The lowest BCUT2D eigenvalue weighted by atomic mass is 9.99. The van der Waals surface area contributed by atoms with E-state index in [4.69, 9.17) is 22.7 Å². The van der Waals surface area contributed by atoms with E-state index in [0.717, 1.165) is 6.20 Å². The zero-order valence-electron chi connectivity index (χ0n) is 12.1. The largest absolute Gasteiger partial charge is 0.402 e. The normalized spacial score (nSPS) is 20.4. The molecule has 1 aliphatic rings. The SMILES string of the molecule is C=C(N)/N=C1\C(=C(\C)N)C=C(/C(N)=C/N=N)C(=O)N1CC. The number of hydrogen-bond donors (Lipinski definition) is 4. The Kier molecular flexibility index (Phi) is 5.01. The van der Waals surface area contributed by atoms with Crippen LogP contribution in [0.5, 0.6) is 0 Å². The van der Waals surface area contributed by atoms with Gasteiger partial charge in [0.25, 0.3) is 5.91 Å². The topological polar surface area (TPSA) is 147 Å². The standard InChI is InChI=1S/C13H19N7O/c1-4-20-12(19-8(3)15)9(7(2)14)5-10(13(20)21)11(16)6-18-17/h5-6,17H,3-4,14-16H2,1-2H3/b9-7-,11-6-,18-17?,19-12+. The highest BCUT2D eigenvalue weighted by molar-refractivity contribution is 6.19. The van der Waals surface area contributed by atoms with E-state index in [0.29, 0.717) is 23.7 Å². The number of amidine groups is 1. The van der Waals surface area contributed by atoms with E-state index in [1.807, 2.05) is 0 Å². The summed E-state index contributed by atoms with van der Waals surface area (Å²) in [6.45, 7) is 7.33. The molecule has 1 aliphatic heterocycles. The number of nitrogens with two attached hydrogens (primary N) is 3. The number of nitrogens with zero attached hydrogens (tertiary/aromatic N) is 3. The molecular formula is C13H19N7O. The number of likely N-dealkylation sites (N-methyl/N-ethyl adjacent to an activating group) is 1. The zero-order chi connectivity index (χ0) is 16.2. The maximum atomic E-state index is 12.5. The van der Waals surface area contributed by atoms with Gasteiger partial charge in [-0.3, -0.25) is 9.69 Å². The molecule has 0 bridgehead atoms. The predicted octanol–water partition coefficient (Wildman–Crippen LogP) is 0.667. The van der Waals surface area contributed by atoms with E-state index in [9.17, 15) is 4.79 Å². The third-order valence-corrected chi connectivity index (χ3v) is 2.77. The number of rotatable bonds is 4. The molecule has 0 unspecified atom stereocenters. The van der Waals surface area contributed by atoms with Crippen LogP contribution in [-0.2, 0) is 4.79 Å². The van der Waals surface area contributed by atoms with Crippen LogP contribution >= 0.6 is 0 Å². The smallest absolute Gasteiger partial charge is 0.261 e. The molecule has 0 fully saturated rings. The van der Waals surface area contributed by atoms with Gasteiger partial charge in [0.1, 0.15) is 11.7 Å². The van der Waals surface area contributed by atoms with Crippen molar-refractivity contribution >= 4 is 11.7 Å². The van der Waals surface area contributed by atoms with E-state index in [1.54, 1.807) is 13.8 Å². The maximum absolute atomic E-state index is 12.5. The van der Waals surface area contributed by atoms with Crippen molar-refractivity contribution < 1.29 is 4.79 Å². The molecule has 7 N–H and O–H groups in total. The second kappa shape index (κ2) is 6.51. The van der Waals surface area contributed by atoms with Crippen LogP contribution < -0.4 is 17.2 Å². The molecule has 0 saturated carbocycles. The molecule has 8 nitrogen and oxygen atoms in total. The van der Waals surface area contributed by atoms with Gasteiger partial charge in [0, 0.05) is 17.8 Å². The third kappa shape index (κ3) is 3.35. The molecule has 0 aromatic carbocycles. The van der Waals surface area contributed by atoms with Crippen molar-refractivity contribution in [2.24, 2.45) is 27.3 Å². The summed E-state index contributed by atoms with van der Waals surface area (Å²) in [4.78, 5) is 17.9. The molecule has 0 radical (unpaired) electrons. The fourth-order valence-corrected chi connectivity index (χ4v) is 1.84. The quantitative estimate of drug-likeness (QED) is 0.563. The van der Waals surface area contributed by atoms with E-state index in [2.05, 4.69) is 16.7 Å². The molecular weight excluding hydrogens is 270 g/mol.